The van der Waals surface area contributed by atoms with E-state index in [1.54, 1.807) is 25.1 Å². The van der Waals surface area contributed by atoms with Crippen LogP contribution in [0.2, 0.25) is 0 Å². The van der Waals surface area contributed by atoms with Crippen LogP contribution in [0.25, 0.3) is 0 Å². The standard InChI is InChI=1S/C17H17F2NO2S/c1-11-3-5-15(13(18)7-11)20-17(21)10-23-9-12-4-6-16(22-2)14(19)8-12/h3-8H,9-10H2,1-2H3,(H,20,21). The summed E-state index contributed by atoms with van der Waals surface area (Å²) in [4.78, 5) is 11.8. The Morgan fingerprint density at radius 1 is 1.17 bits per heavy atom. The van der Waals surface area contributed by atoms with Gasteiger partial charge in [-0.15, -0.1) is 11.8 Å². The number of thioether (sulfide) groups is 1. The number of aryl methyl sites for hydroxylation is 1. The highest BCUT2D eigenvalue weighted by Crippen LogP contribution is 2.21. The SMILES string of the molecule is COc1ccc(CSCC(=O)Nc2ccc(C)cc2F)cc1F. The van der Waals surface area contributed by atoms with Crippen LogP contribution in [0.15, 0.2) is 36.4 Å². The van der Waals surface area contributed by atoms with Crippen LogP contribution in [-0.4, -0.2) is 18.8 Å². The van der Waals surface area contributed by atoms with Crippen molar-refractivity contribution in [1.29, 1.82) is 0 Å². The molecule has 0 bridgehead atoms. The zero-order valence-electron chi connectivity index (χ0n) is 12.9. The average molecular weight is 337 g/mol. The largest absolute Gasteiger partial charge is 0.494 e. The van der Waals surface area contributed by atoms with Crippen molar-refractivity contribution < 1.29 is 18.3 Å². The second-order valence-corrected chi connectivity index (χ2v) is 5.98. The number of carbonyl (C=O) groups is 1. The van der Waals surface area contributed by atoms with E-state index in [4.69, 9.17) is 4.74 Å². The van der Waals surface area contributed by atoms with Gasteiger partial charge in [0.15, 0.2) is 11.6 Å². The summed E-state index contributed by atoms with van der Waals surface area (Å²) in [6.45, 7) is 1.78. The minimum Gasteiger partial charge on any atom is -0.494 e. The van der Waals surface area contributed by atoms with Crippen LogP contribution in [0, 0.1) is 18.6 Å². The second-order valence-electron chi connectivity index (χ2n) is 4.99. The monoisotopic (exact) mass is 337 g/mol. The van der Waals surface area contributed by atoms with Crippen molar-refractivity contribution in [3.05, 3.63) is 59.2 Å². The minimum absolute atomic E-state index is 0.154. The number of benzene rings is 2. The molecule has 23 heavy (non-hydrogen) atoms. The molecule has 0 unspecified atom stereocenters. The Balaban J connectivity index is 1.84. The van der Waals surface area contributed by atoms with Gasteiger partial charge < -0.3 is 10.1 Å². The Labute approximate surface area is 138 Å². The highest BCUT2D eigenvalue weighted by atomic mass is 32.2. The smallest absolute Gasteiger partial charge is 0.234 e. The molecule has 0 radical (unpaired) electrons. The fourth-order valence-corrected chi connectivity index (χ4v) is 2.74. The van der Waals surface area contributed by atoms with Crippen LogP contribution in [0.5, 0.6) is 5.75 Å². The Hall–Kier alpha value is -2.08. The molecule has 122 valence electrons. The van der Waals surface area contributed by atoms with Crippen molar-refractivity contribution >= 4 is 23.4 Å². The molecule has 0 saturated carbocycles. The highest BCUT2D eigenvalue weighted by molar-refractivity contribution is 7.99. The number of amides is 1. The first-order valence-electron chi connectivity index (χ1n) is 6.95. The molecule has 3 nitrogen and oxygen atoms in total. The first-order chi connectivity index (χ1) is 11.0. The summed E-state index contributed by atoms with van der Waals surface area (Å²) in [5, 5.41) is 2.52. The molecule has 0 aliphatic rings. The average Bonchev–Trinajstić information content (AvgIpc) is 2.50. The molecule has 0 heterocycles. The Kier molecular flexibility index (Phi) is 5.98. The number of rotatable bonds is 6. The molecule has 0 saturated heterocycles. The molecule has 0 aliphatic heterocycles. The van der Waals surface area contributed by atoms with E-state index >= 15 is 0 Å². The first-order valence-corrected chi connectivity index (χ1v) is 8.11. The topological polar surface area (TPSA) is 38.3 Å². The van der Waals surface area contributed by atoms with Crippen LogP contribution in [-0.2, 0) is 10.5 Å². The summed E-state index contributed by atoms with van der Waals surface area (Å²) in [5.74, 6) is -0.374. The van der Waals surface area contributed by atoms with Gasteiger partial charge in [-0.3, -0.25) is 4.79 Å². The van der Waals surface area contributed by atoms with Gasteiger partial charge in [-0.2, -0.15) is 0 Å². The van der Waals surface area contributed by atoms with Crippen molar-refractivity contribution in [2.24, 2.45) is 0 Å². The molecule has 0 aliphatic carbocycles. The third-order valence-corrected chi connectivity index (χ3v) is 4.12. The Morgan fingerprint density at radius 3 is 2.61 bits per heavy atom. The summed E-state index contributed by atoms with van der Waals surface area (Å²) in [6.07, 6.45) is 0. The van der Waals surface area contributed by atoms with E-state index in [0.717, 1.165) is 11.1 Å². The van der Waals surface area contributed by atoms with Crippen molar-refractivity contribution in [3.8, 4) is 5.75 Å². The summed E-state index contributed by atoms with van der Waals surface area (Å²) in [6, 6.07) is 9.30. The number of carbonyl (C=O) groups excluding carboxylic acids is 1. The lowest BCUT2D eigenvalue weighted by Crippen LogP contribution is -2.15. The fourth-order valence-electron chi connectivity index (χ4n) is 1.97. The van der Waals surface area contributed by atoms with E-state index in [9.17, 15) is 13.6 Å². The maximum atomic E-state index is 13.6. The third kappa shape index (κ3) is 4.96. The normalized spacial score (nSPS) is 10.4. The predicted octanol–water partition coefficient (Wildman–Crippen LogP) is 4.15. The summed E-state index contributed by atoms with van der Waals surface area (Å²) in [5.41, 5.74) is 1.70. The van der Waals surface area contributed by atoms with E-state index < -0.39 is 11.6 Å². The molecular formula is C17H17F2NO2S. The quantitative estimate of drug-likeness (QED) is 0.860. The number of anilines is 1. The molecule has 1 amide bonds. The van der Waals surface area contributed by atoms with Crippen molar-refractivity contribution in [1.82, 2.24) is 0 Å². The Bertz CT molecular complexity index is 707. The van der Waals surface area contributed by atoms with Crippen molar-refractivity contribution in [2.75, 3.05) is 18.2 Å². The van der Waals surface area contributed by atoms with Crippen LogP contribution >= 0.6 is 11.8 Å². The summed E-state index contributed by atoms with van der Waals surface area (Å²) < 4.78 is 32.0. The van der Waals surface area contributed by atoms with Gasteiger partial charge in [0, 0.05) is 5.75 Å². The summed E-state index contributed by atoms with van der Waals surface area (Å²) >= 11 is 1.32. The number of ether oxygens (including phenoxy) is 1. The van der Waals surface area contributed by atoms with E-state index in [-0.39, 0.29) is 23.1 Å². The van der Waals surface area contributed by atoms with Gasteiger partial charge in [0.05, 0.1) is 18.6 Å². The molecule has 2 rings (SSSR count). The zero-order chi connectivity index (χ0) is 16.8. The lowest BCUT2D eigenvalue weighted by atomic mass is 10.2. The lowest BCUT2D eigenvalue weighted by molar-refractivity contribution is -0.113. The highest BCUT2D eigenvalue weighted by Gasteiger charge is 2.08. The van der Waals surface area contributed by atoms with Crippen molar-refractivity contribution in [3.63, 3.8) is 0 Å². The van der Waals surface area contributed by atoms with E-state index in [1.807, 2.05) is 0 Å². The maximum Gasteiger partial charge on any atom is 0.234 e. The molecule has 2 aromatic rings. The molecule has 1 N–H and O–H groups in total. The van der Waals surface area contributed by atoms with Crippen LogP contribution in [0.4, 0.5) is 14.5 Å². The molecule has 2 aromatic carbocycles. The molecule has 6 heteroatoms. The van der Waals surface area contributed by atoms with Gasteiger partial charge in [-0.05, 0) is 42.3 Å². The van der Waals surface area contributed by atoms with Crippen LogP contribution in [0.1, 0.15) is 11.1 Å². The molecule has 0 fully saturated rings. The van der Waals surface area contributed by atoms with E-state index in [2.05, 4.69) is 5.32 Å². The number of nitrogens with one attached hydrogen (secondary N) is 1. The molecule has 0 atom stereocenters. The Morgan fingerprint density at radius 2 is 1.96 bits per heavy atom. The summed E-state index contributed by atoms with van der Waals surface area (Å²) in [7, 11) is 1.40. The maximum absolute atomic E-state index is 13.6. The number of hydrogen-bond acceptors (Lipinski definition) is 3. The molecular weight excluding hydrogens is 320 g/mol. The molecule has 0 spiro atoms. The van der Waals surface area contributed by atoms with Crippen molar-refractivity contribution in [2.45, 2.75) is 12.7 Å². The third-order valence-electron chi connectivity index (χ3n) is 3.12. The van der Waals surface area contributed by atoms with Gasteiger partial charge in [0.25, 0.3) is 0 Å². The van der Waals surface area contributed by atoms with Crippen LogP contribution < -0.4 is 10.1 Å². The van der Waals surface area contributed by atoms with Gasteiger partial charge >= 0.3 is 0 Å². The van der Waals surface area contributed by atoms with Gasteiger partial charge in [-0.25, -0.2) is 8.78 Å². The fraction of sp³-hybridized carbons (Fsp3) is 0.235. The number of methoxy groups -OCH3 is 1. The van der Waals surface area contributed by atoms with Gasteiger partial charge in [0.1, 0.15) is 5.82 Å². The predicted molar refractivity (Wildman–Crippen MR) is 88.9 cm³/mol. The lowest BCUT2D eigenvalue weighted by Gasteiger charge is -2.08. The van der Waals surface area contributed by atoms with Gasteiger partial charge in [0.2, 0.25) is 5.91 Å². The zero-order valence-corrected chi connectivity index (χ0v) is 13.7. The van der Waals surface area contributed by atoms with E-state index in [0.29, 0.717) is 5.75 Å². The molecule has 0 aromatic heterocycles. The number of hydrogen-bond donors (Lipinski definition) is 1. The minimum atomic E-state index is -0.458. The van der Waals surface area contributed by atoms with Crippen LogP contribution in [0.3, 0.4) is 0 Å². The second kappa shape index (κ2) is 7.97. The first kappa shape index (κ1) is 17.3. The van der Waals surface area contributed by atoms with Gasteiger partial charge in [-0.1, -0.05) is 12.1 Å². The van der Waals surface area contributed by atoms with E-state index in [1.165, 1.54) is 37.1 Å². The number of halogens is 2.